The van der Waals surface area contributed by atoms with E-state index in [4.69, 9.17) is 8.83 Å². The molecule has 120 heavy (non-hydrogen) atoms. The van der Waals surface area contributed by atoms with Crippen LogP contribution in [0.4, 0.5) is 0 Å². The van der Waals surface area contributed by atoms with Crippen molar-refractivity contribution in [3.8, 4) is 100 Å². The van der Waals surface area contributed by atoms with Gasteiger partial charge < -0.3 is 18.0 Å². The molecule has 4 heterocycles. The van der Waals surface area contributed by atoms with Crippen LogP contribution < -0.4 is 0 Å². The Morgan fingerprint density at radius 3 is 0.900 bits per heavy atom. The molecule has 0 saturated carbocycles. The Hall–Kier alpha value is -15.9. The number of nitrogens with zero attached hydrogens (tertiary/aromatic N) is 2. The summed E-state index contributed by atoms with van der Waals surface area (Å²) >= 11 is 0. The summed E-state index contributed by atoms with van der Waals surface area (Å²) in [7, 11) is 0. The Labute approximate surface area is 691 Å². The number of rotatable bonds is 10. The van der Waals surface area contributed by atoms with E-state index in [1.807, 2.05) is 0 Å². The lowest BCUT2D eigenvalue weighted by atomic mass is 9.84. The maximum atomic E-state index is 6.61. The Bertz CT molecular complexity index is 8360. The van der Waals surface area contributed by atoms with Gasteiger partial charge in [0, 0.05) is 65.6 Å². The van der Waals surface area contributed by atoms with Crippen molar-refractivity contribution in [2.45, 2.75) is 0 Å². The van der Waals surface area contributed by atoms with Crippen molar-refractivity contribution >= 4 is 141 Å². The fourth-order valence-electron chi connectivity index (χ4n) is 19.8. The van der Waals surface area contributed by atoms with Crippen molar-refractivity contribution in [2.75, 3.05) is 0 Å². The molecule has 0 aliphatic heterocycles. The third-order valence-corrected chi connectivity index (χ3v) is 24.9. The van der Waals surface area contributed by atoms with Gasteiger partial charge in [-0.25, -0.2) is 0 Å². The first-order valence-electron chi connectivity index (χ1n) is 41.3. The lowest BCUT2D eigenvalue weighted by molar-refractivity contribution is 0.668. The number of para-hydroxylation sites is 5. The van der Waals surface area contributed by atoms with Crippen LogP contribution >= 0.6 is 0 Å². The van der Waals surface area contributed by atoms with Gasteiger partial charge in [-0.3, -0.25) is 0 Å². The quantitative estimate of drug-likeness (QED) is 0.128. The summed E-state index contributed by atoms with van der Waals surface area (Å²) in [4.78, 5) is 0. The molecule has 4 aromatic heterocycles. The van der Waals surface area contributed by atoms with Crippen LogP contribution in [0.2, 0.25) is 0 Å². The van der Waals surface area contributed by atoms with E-state index in [1.165, 1.54) is 148 Å². The zero-order chi connectivity index (χ0) is 78.9. The molecule has 0 fully saturated rings. The number of aromatic nitrogens is 2. The third kappa shape index (κ3) is 11.0. The van der Waals surface area contributed by atoms with Gasteiger partial charge in [-0.1, -0.05) is 352 Å². The molecule has 0 unspecified atom stereocenters. The molecule has 21 aromatic carbocycles. The van der Waals surface area contributed by atoms with E-state index in [-0.39, 0.29) is 0 Å². The van der Waals surface area contributed by atoms with E-state index in [1.54, 1.807) is 0 Å². The van der Waals surface area contributed by atoms with Crippen molar-refractivity contribution < 1.29 is 8.83 Å². The van der Waals surface area contributed by atoms with E-state index in [0.717, 1.165) is 94.2 Å². The summed E-state index contributed by atoms with van der Waals surface area (Å²) in [5, 5.41) is 21.8. The summed E-state index contributed by atoms with van der Waals surface area (Å²) in [6.45, 7) is 0. The van der Waals surface area contributed by atoms with Gasteiger partial charge >= 0.3 is 0 Å². The van der Waals surface area contributed by atoms with Crippen molar-refractivity contribution in [3.63, 3.8) is 0 Å². The molecule has 4 nitrogen and oxygen atoms in total. The first-order valence-corrected chi connectivity index (χ1v) is 41.3. The second-order valence-electron chi connectivity index (χ2n) is 31.5. The number of fused-ring (bicyclic) bond motifs is 17. The van der Waals surface area contributed by atoms with Crippen molar-refractivity contribution in [1.82, 2.24) is 9.13 Å². The van der Waals surface area contributed by atoms with Gasteiger partial charge in [0.1, 0.15) is 22.3 Å². The van der Waals surface area contributed by atoms with Crippen LogP contribution in [0.25, 0.3) is 242 Å². The maximum Gasteiger partial charge on any atom is 0.136 e. The van der Waals surface area contributed by atoms with Gasteiger partial charge in [-0.2, -0.15) is 0 Å². The molecule has 0 aliphatic carbocycles. The van der Waals surface area contributed by atoms with Crippen LogP contribution in [0.1, 0.15) is 0 Å². The molecule has 0 amide bonds. The second-order valence-corrected chi connectivity index (χ2v) is 31.5. The summed E-state index contributed by atoms with van der Waals surface area (Å²) in [6.07, 6.45) is 0. The molecular weight excluding hydrogens is 1450 g/mol. The fraction of sp³-hybridized carbons (Fsp3) is 0. The molecule has 25 rings (SSSR count). The Morgan fingerprint density at radius 1 is 0.150 bits per heavy atom. The van der Waals surface area contributed by atoms with Crippen LogP contribution in [-0.4, -0.2) is 9.13 Å². The van der Waals surface area contributed by atoms with Crippen molar-refractivity contribution in [3.05, 3.63) is 437 Å². The van der Waals surface area contributed by atoms with E-state index in [9.17, 15) is 0 Å². The average Bonchev–Trinajstić information content (AvgIpc) is 1.68. The SMILES string of the molecule is c1ccc(-c2c3ccccc3c(-c3cccc(-c4ccc5oc6ccccc6c5c4-c4ccc5c6ccccc6n(-c6ccc7ccccc7c6)c5c4)c3)c3ccccc23)cc1.c1ccc(-c2c3ccccc3c(-c3cccc(-c4ccc5oc6ccccc6c5c4-c4ccc5c6ccccc6n(-c6ccccc6)c5c4)c3)c3ccccc23)cc1. The molecule has 0 atom stereocenters. The molecule has 0 aliphatic rings. The highest BCUT2D eigenvalue weighted by Gasteiger charge is 2.26. The Balaban J connectivity index is 0.000000137. The average molecular weight is 1530 g/mol. The topological polar surface area (TPSA) is 36.1 Å². The molecule has 0 bridgehead atoms. The zero-order valence-corrected chi connectivity index (χ0v) is 65.3. The second kappa shape index (κ2) is 28.0. The first-order chi connectivity index (χ1) is 59.6. The third-order valence-electron chi connectivity index (χ3n) is 24.9. The smallest absolute Gasteiger partial charge is 0.136 e. The highest BCUT2D eigenvalue weighted by molar-refractivity contribution is 6.25. The van der Waals surface area contributed by atoms with E-state index in [0.29, 0.717) is 0 Å². The molecule has 4 heteroatoms. The highest BCUT2D eigenvalue weighted by atomic mass is 16.3. The van der Waals surface area contributed by atoms with Crippen LogP contribution in [-0.2, 0) is 0 Å². The van der Waals surface area contributed by atoms with Gasteiger partial charge in [0.25, 0.3) is 0 Å². The van der Waals surface area contributed by atoms with E-state index >= 15 is 0 Å². The zero-order valence-electron chi connectivity index (χ0n) is 65.3. The van der Waals surface area contributed by atoms with E-state index in [2.05, 4.69) is 446 Å². The predicted octanol–water partition coefficient (Wildman–Crippen LogP) is 32.5. The Morgan fingerprint density at radius 2 is 0.467 bits per heavy atom. The van der Waals surface area contributed by atoms with Gasteiger partial charge in [-0.15, -0.1) is 0 Å². The molecule has 0 radical (unpaired) electrons. The molecule has 0 saturated heterocycles. The normalized spacial score (nSPS) is 11.8. The van der Waals surface area contributed by atoms with Crippen molar-refractivity contribution in [2.24, 2.45) is 0 Å². The standard InChI is InChI=1S/C60H37NO.C56H35NO/c1-2-16-39(17-3-1)57-48-22-6-8-24-50(48)58(51-25-9-7-23-49(51)57)42-20-14-19-41(35-42)45-33-34-56-60(52-26-11-13-28-55(52)62-56)59(45)43-30-32-47-46-21-10-12-27-53(46)61(54(47)37-43)44-31-29-38-15-4-5-18-40(38)36-44;1-3-16-36(17-4-1)53-44-23-7-9-25-46(44)54(47-26-10-8-24-45(47)53)38-19-15-18-37(34-38)41-32-33-52-56(48-27-12-14-29-51(48)58-52)55(41)39-30-31-43-42-22-11-13-28-49(42)57(50(43)35-39)40-20-5-2-6-21-40/h1-37H;1-35H. The van der Waals surface area contributed by atoms with Gasteiger partial charge in [0.2, 0.25) is 0 Å². The minimum Gasteiger partial charge on any atom is -0.456 e. The largest absolute Gasteiger partial charge is 0.456 e. The van der Waals surface area contributed by atoms with E-state index < -0.39 is 0 Å². The minimum atomic E-state index is 0.879. The highest BCUT2D eigenvalue weighted by Crippen LogP contribution is 2.52. The lowest BCUT2D eigenvalue weighted by Gasteiger charge is -2.19. The summed E-state index contributed by atoms with van der Waals surface area (Å²) in [6, 6.07) is 159. The Kier molecular flexibility index (Phi) is 16.0. The molecule has 25 aromatic rings. The monoisotopic (exact) mass is 1520 g/mol. The number of furan rings is 2. The maximum absolute atomic E-state index is 6.61. The van der Waals surface area contributed by atoms with Crippen LogP contribution in [0.15, 0.2) is 446 Å². The molecule has 0 spiro atoms. The minimum absolute atomic E-state index is 0.879. The summed E-state index contributed by atoms with van der Waals surface area (Å²) in [5.74, 6) is 0. The molecular formula is C116H72N2O2. The van der Waals surface area contributed by atoms with Crippen molar-refractivity contribution in [1.29, 1.82) is 0 Å². The number of hydrogen-bond acceptors (Lipinski definition) is 2. The summed E-state index contributed by atoms with van der Waals surface area (Å²) in [5.41, 5.74) is 29.7. The van der Waals surface area contributed by atoms with Crippen LogP contribution in [0.3, 0.4) is 0 Å². The number of hydrogen-bond donors (Lipinski definition) is 0. The predicted molar refractivity (Wildman–Crippen MR) is 507 cm³/mol. The summed E-state index contributed by atoms with van der Waals surface area (Å²) < 4.78 is 18.0. The van der Waals surface area contributed by atoms with Crippen LogP contribution in [0.5, 0.6) is 0 Å². The lowest BCUT2D eigenvalue weighted by Crippen LogP contribution is -1.94. The van der Waals surface area contributed by atoms with Crippen LogP contribution in [0, 0.1) is 0 Å². The molecule has 0 N–H and O–H groups in total. The van der Waals surface area contributed by atoms with Gasteiger partial charge in [-0.05, 0) is 217 Å². The molecule has 558 valence electrons. The van der Waals surface area contributed by atoms with Gasteiger partial charge in [0.05, 0.1) is 22.1 Å². The fourth-order valence-corrected chi connectivity index (χ4v) is 19.8. The number of benzene rings is 21. The van der Waals surface area contributed by atoms with Gasteiger partial charge in [0.15, 0.2) is 0 Å². The first kappa shape index (κ1) is 68.5.